The van der Waals surface area contributed by atoms with Crippen molar-refractivity contribution >= 4 is 17.3 Å². The molecule has 0 aliphatic rings. The summed E-state index contributed by atoms with van der Waals surface area (Å²) in [5, 5.41) is 10.2. The normalized spacial score (nSPS) is 13.6. The van der Waals surface area contributed by atoms with Gasteiger partial charge in [-0.2, -0.15) is 13.2 Å². The van der Waals surface area contributed by atoms with Gasteiger partial charge >= 0.3 is 6.18 Å². The lowest BCUT2D eigenvalue weighted by atomic mass is 10.1. The van der Waals surface area contributed by atoms with Crippen LogP contribution in [0.2, 0.25) is 5.02 Å². The number of rotatable bonds is 2. The number of nitro benzene ring substituents is 1. The molecule has 1 rings (SSSR count). The van der Waals surface area contributed by atoms with E-state index in [1.165, 1.54) is 0 Å². The van der Waals surface area contributed by atoms with E-state index in [0.29, 0.717) is 0 Å². The Morgan fingerprint density at radius 1 is 1.44 bits per heavy atom. The van der Waals surface area contributed by atoms with Crippen LogP contribution in [0, 0.1) is 10.1 Å². The fourth-order valence-electron chi connectivity index (χ4n) is 1.05. The molecule has 0 aliphatic heterocycles. The number of nitrogens with two attached hydrogens (primary N) is 1. The van der Waals surface area contributed by atoms with E-state index in [1.54, 1.807) is 0 Å². The third-order valence-corrected chi connectivity index (χ3v) is 2.20. The van der Waals surface area contributed by atoms with Crippen LogP contribution in [0.1, 0.15) is 11.6 Å². The first kappa shape index (κ1) is 12.7. The van der Waals surface area contributed by atoms with Crippen molar-refractivity contribution in [1.82, 2.24) is 0 Å². The van der Waals surface area contributed by atoms with E-state index in [2.05, 4.69) is 0 Å². The van der Waals surface area contributed by atoms with Gasteiger partial charge in [-0.05, 0) is 11.6 Å². The second-order valence-corrected chi connectivity index (χ2v) is 3.39. The van der Waals surface area contributed by atoms with E-state index in [-0.39, 0.29) is 5.02 Å². The van der Waals surface area contributed by atoms with Gasteiger partial charge in [-0.15, -0.1) is 0 Å². The minimum atomic E-state index is -4.65. The maximum absolute atomic E-state index is 12.2. The van der Waals surface area contributed by atoms with Crippen molar-refractivity contribution in [2.75, 3.05) is 0 Å². The summed E-state index contributed by atoms with van der Waals surface area (Å²) in [5.41, 5.74) is 3.90. The summed E-state index contributed by atoms with van der Waals surface area (Å²) in [6.07, 6.45) is -4.65. The number of hydrogen-bond donors (Lipinski definition) is 1. The van der Waals surface area contributed by atoms with Gasteiger partial charge in [0.1, 0.15) is 11.1 Å². The number of nitrogens with zero attached hydrogens (tertiary/aromatic N) is 1. The molecule has 0 radical (unpaired) electrons. The van der Waals surface area contributed by atoms with E-state index in [0.717, 1.165) is 18.2 Å². The van der Waals surface area contributed by atoms with E-state index >= 15 is 0 Å². The van der Waals surface area contributed by atoms with Crippen molar-refractivity contribution in [2.45, 2.75) is 12.2 Å². The highest BCUT2D eigenvalue weighted by molar-refractivity contribution is 6.32. The molecule has 0 saturated carbocycles. The molecule has 0 aromatic heterocycles. The van der Waals surface area contributed by atoms with Gasteiger partial charge in [0, 0.05) is 6.07 Å². The van der Waals surface area contributed by atoms with Crippen LogP contribution in [0.3, 0.4) is 0 Å². The van der Waals surface area contributed by atoms with Crippen molar-refractivity contribution in [2.24, 2.45) is 5.73 Å². The number of alkyl halides is 3. The average Bonchev–Trinajstić information content (AvgIpc) is 2.15. The molecule has 0 fully saturated rings. The molecule has 1 aromatic carbocycles. The molecular weight excluding hydrogens is 249 g/mol. The van der Waals surface area contributed by atoms with Crippen LogP contribution in [0.5, 0.6) is 0 Å². The average molecular weight is 255 g/mol. The first-order valence-corrected chi connectivity index (χ1v) is 4.37. The number of halogens is 4. The number of nitro groups is 1. The molecular formula is C8H6ClF3N2O2. The second kappa shape index (κ2) is 4.26. The van der Waals surface area contributed by atoms with Crippen LogP contribution < -0.4 is 5.73 Å². The Balaban J connectivity index is 3.18. The Bertz CT molecular complexity index is 422. The molecule has 0 amide bonds. The summed E-state index contributed by atoms with van der Waals surface area (Å²) in [4.78, 5) is 9.58. The molecule has 0 saturated heterocycles. The molecule has 1 unspecified atom stereocenters. The third kappa shape index (κ3) is 2.61. The molecule has 2 N–H and O–H groups in total. The van der Waals surface area contributed by atoms with E-state index in [1.807, 2.05) is 0 Å². The van der Waals surface area contributed by atoms with Gasteiger partial charge in [-0.3, -0.25) is 10.1 Å². The van der Waals surface area contributed by atoms with Crippen LogP contribution in [-0.2, 0) is 0 Å². The Kier molecular flexibility index (Phi) is 3.39. The quantitative estimate of drug-likeness (QED) is 0.652. The lowest BCUT2D eigenvalue weighted by Crippen LogP contribution is -2.28. The molecule has 4 nitrogen and oxygen atoms in total. The molecule has 0 aliphatic carbocycles. The van der Waals surface area contributed by atoms with Gasteiger partial charge in [-0.25, -0.2) is 0 Å². The summed E-state index contributed by atoms with van der Waals surface area (Å²) in [7, 11) is 0. The van der Waals surface area contributed by atoms with Crippen LogP contribution in [0.25, 0.3) is 0 Å². The lowest BCUT2D eigenvalue weighted by Gasteiger charge is -2.15. The fraction of sp³-hybridized carbons (Fsp3) is 0.250. The summed E-state index contributed by atoms with van der Waals surface area (Å²) < 4.78 is 36.7. The van der Waals surface area contributed by atoms with Gasteiger partial charge < -0.3 is 5.73 Å². The largest absolute Gasteiger partial charge is 0.407 e. The standard InChI is InChI=1S/C8H6ClF3N2O2/c9-5-2-1-4(3-6(5)14(15)16)7(13)8(10,11)12/h1-3,7H,13H2. The van der Waals surface area contributed by atoms with Gasteiger partial charge in [0.15, 0.2) is 0 Å². The van der Waals surface area contributed by atoms with E-state index < -0.39 is 28.4 Å². The SMILES string of the molecule is NC(c1ccc(Cl)c([N+](=O)[O-])c1)C(F)(F)F. The van der Waals surface area contributed by atoms with Crippen LogP contribution in [0.4, 0.5) is 18.9 Å². The molecule has 88 valence electrons. The first-order valence-electron chi connectivity index (χ1n) is 3.99. The smallest absolute Gasteiger partial charge is 0.316 e. The molecule has 0 spiro atoms. The highest BCUT2D eigenvalue weighted by Gasteiger charge is 2.38. The van der Waals surface area contributed by atoms with Gasteiger partial charge in [0.05, 0.1) is 4.92 Å². The number of benzene rings is 1. The number of hydrogen-bond acceptors (Lipinski definition) is 3. The molecule has 0 heterocycles. The zero-order valence-electron chi connectivity index (χ0n) is 7.66. The molecule has 8 heteroatoms. The van der Waals surface area contributed by atoms with E-state index in [9.17, 15) is 23.3 Å². The van der Waals surface area contributed by atoms with Crippen molar-refractivity contribution in [1.29, 1.82) is 0 Å². The second-order valence-electron chi connectivity index (χ2n) is 2.99. The van der Waals surface area contributed by atoms with Crippen LogP contribution in [-0.4, -0.2) is 11.1 Å². The lowest BCUT2D eigenvalue weighted by molar-refractivity contribution is -0.384. The van der Waals surface area contributed by atoms with E-state index in [4.69, 9.17) is 17.3 Å². The Hall–Kier alpha value is -1.34. The predicted octanol–water partition coefficient (Wildman–Crippen LogP) is 2.81. The highest BCUT2D eigenvalue weighted by Crippen LogP contribution is 2.34. The molecule has 16 heavy (non-hydrogen) atoms. The molecule has 1 atom stereocenters. The van der Waals surface area contributed by atoms with Gasteiger partial charge in [-0.1, -0.05) is 17.7 Å². The summed E-state index contributed by atoms with van der Waals surface area (Å²) in [6, 6.07) is 0.484. The highest BCUT2D eigenvalue weighted by atomic mass is 35.5. The van der Waals surface area contributed by atoms with Crippen LogP contribution >= 0.6 is 11.6 Å². The molecule has 1 aromatic rings. The van der Waals surface area contributed by atoms with Crippen molar-refractivity contribution in [3.63, 3.8) is 0 Å². The zero-order chi connectivity index (χ0) is 12.5. The maximum atomic E-state index is 12.2. The van der Waals surface area contributed by atoms with Crippen molar-refractivity contribution < 1.29 is 18.1 Å². The minimum Gasteiger partial charge on any atom is -0.316 e. The van der Waals surface area contributed by atoms with Gasteiger partial charge in [0.2, 0.25) is 0 Å². The molecule has 0 bridgehead atoms. The van der Waals surface area contributed by atoms with Crippen molar-refractivity contribution in [3.05, 3.63) is 38.9 Å². The monoisotopic (exact) mass is 254 g/mol. The summed E-state index contributed by atoms with van der Waals surface area (Å²) >= 11 is 5.45. The van der Waals surface area contributed by atoms with Crippen molar-refractivity contribution in [3.8, 4) is 0 Å². The predicted molar refractivity (Wildman–Crippen MR) is 51.1 cm³/mol. The topological polar surface area (TPSA) is 69.2 Å². The van der Waals surface area contributed by atoms with Crippen LogP contribution in [0.15, 0.2) is 18.2 Å². The fourth-order valence-corrected chi connectivity index (χ4v) is 1.24. The summed E-state index contributed by atoms with van der Waals surface area (Å²) in [6.45, 7) is 0. The summed E-state index contributed by atoms with van der Waals surface area (Å²) in [5.74, 6) is 0. The third-order valence-electron chi connectivity index (χ3n) is 1.88. The Labute approximate surface area is 93.0 Å². The first-order chi connectivity index (χ1) is 7.23. The Morgan fingerprint density at radius 2 is 2.00 bits per heavy atom. The van der Waals surface area contributed by atoms with Gasteiger partial charge in [0.25, 0.3) is 5.69 Å². The Morgan fingerprint density at radius 3 is 2.44 bits per heavy atom. The zero-order valence-corrected chi connectivity index (χ0v) is 8.42. The minimum absolute atomic E-state index is 0.233. The maximum Gasteiger partial charge on any atom is 0.407 e.